The number of nitrogens with one attached hydrogen (secondary N) is 1. The van der Waals surface area contributed by atoms with Crippen LogP contribution in [0.3, 0.4) is 0 Å². The Balaban J connectivity index is 3.03. The zero-order valence-electron chi connectivity index (χ0n) is 15.4. The van der Waals surface area contributed by atoms with E-state index in [1.807, 2.05) is 6.07 Å². The second-order valence-corrected chi connectivity index (χ2v) is 8.24. The third-order valence-corrected chi connectivity index (χ3v) is 4.76. The Morgan fingerprint density at radius 3 is 2.62 bits per heavy atom. The Morgan fingerprint density at radius 2 is 2.08 bits per heavy atom. The van der Waals surface area contributed by atoms with E-state index in [9.17, 15) is 9.59 Å². The third kappa shape index (κ3) is 6.48. The number of allylic oxidation sites excluding steroid dienone is 1. The minimum atomic E-state index is -0.387. The van der Waals surface area contributed by atoms with E-state index >= 15 is 0 Å². The number of rotatable bonds is 8. The van der Waals surface area contributed by atoms with E-state index < -0.39 is 0 Å². The smallest absolute Gasteiger partial charge is 0.341 e. The summed E-state index contributed by atoms with van der Waals surface area (Å²) in [4.78, 5) is 25.3. The number of anilines is 1. The highest BCUT2D eigenvalue weighted by atomic mass is 32.1. The number of amides is 1. The van der Waals surface area contributed by atoms with E-state index in [0.717, 1.165) is 11.3 Å². The van der Waals surface area contributed by atoms with Gasteiger partial charge in [0.1, 0.15) is 5.00 Å². The zero-order chi connectivity index (χ0) is 18.3. The second kappa shape index (κ2) is 9.02. The lowest BCUT2D eigenvalue weighted by Crippen LogP contribution is -2.13. The quantitative estimate of drug-likeness (QED) is 0.506. The summed E-state index contributed by atoms with van der Waals surface area (Å²) in [6.07, 6.45) is 3.67. The predicted octanol–water partition coefficient (Wildman–Crippen LogP) is 5.37. The molecule has 24 heavy (non-hydrogen) atoms. The van der Waals surface area contributed by atoms with Gasteiger partial charge in [-0.1, -0.05) is 33.8 Å². The molecule has 5 heteroatoms. The molecule has 0 bridgehead atoms. The number of hydrogen-bond donors (Lipinski definition) is 1. The molecule has 0 aliphatic heterocycles. The summed E-state index contributed by atoms with van der Waals surface area (Å²) in [6, 6.07) is 1.86. The summed E-state index contributed by atoms with van der Waals surface area (Å²) in [6.45, 7) is 14.4. The van der Waals surface area contributed by atoms with Gasteiger partial charge in [0.05, 0.1) is 12.2 Å². The van der Waals surface area contributed by atoms with E-state index in [0.29, 0.717) is 35.9 Å². The lowest BCUT2D eigenvalue weighted by molar-refractivity contribution is -0.116. The first kappa shape index (κ1) is 20.4. The average Bonchev–Trinajstić information content (AvgIpc) is 2.87. The molecule has 134 valence electrons. The topological polar surface area (TPSA) is 55.4 Å². The molecule has 0 aliphatic rings. The number of carbonyl (C=O) groups excluding carboxylic acids is 2. The fourth-order valence-electron chi connectivity index (χ4n) is 2.55. The second-order valence-electron chi connectivity index (χ2n) is 7.15. The highest BCUT2D eigenvalue weighted by Crippen LogP contribution is 2.38. The fraction of sp³-hybridized carbons (Fsp3) is 0.579. The number of esters is 1. The Labute approximate surface area is 149 Å². The SMILES string of the molecule is C=CCCC(=O)Nc1sc([C@@H](C)CC(C)(C)C)cc1C(=O)OCC. The maximum absolute atomic E-state index is 12.2. The van der Waals surface area contributed by atoms with E-state index in [-0.39, 0.29) is 17.3 Å². The van der Waals surface area contributed by atoms with Crippen molar-refractivity contribution in [2.24, 2.45) is 5.41 Å². The molecule has 0 spiro atoms. The van der Waals surface area contributed by atoms with Gasteiger partial charge < -0.3 is 10.1 Å². The van der Waals surface area contributed by atoms with Gasteiger partial charge in [0, 0.05) is 11.3 Å². The summed E-state index contributed by atoms with van der Waals surface area (Å²) in [5.41, 5.74) is 0.644. The van der Waals surface area contributed by atoms with Crippen molar-refractivity contribution >= 4 is 28.2 Å². The number of thiophene rings is 1. The maximum Gasteiger partial charge on any atom is 0.341 e. The largest absolute Gasteiger partial charge is 0.462 e. The predicted molar refractivity (Wildman–Crippen MR) is 101 cm³/mol. The van der Waals surface area contributed by atoms with Crippen molar-refractivity contribution < 1.29 is 14.3 Å². The van der Waals surface area contributed by atoms with Crippen molar-refractivity contribution in [3.05, 3.63) is 29.2 Å². The van der Waals surface area contributed by atoms with E-state index in [1.165, 1.54) is 11.3 Å². The van der Waals surface area contributed by atoms with Gasteiger partial charge in [-0.3, -0.25) is 4.79 Å². The van der Waals surface area contributed by atoms with Gasteiger partial charge in [-0.15, -0.1) is 17.9 Å². The average molecular weight is 352 g/mol. The molecule has 0 saturated carbocycles. The first-order valence-corrected chi connectivity index (χ1v) is 9.21. The molecule has 1 rings (SSSR count). The van der Waals surface area contributed by atoms with Gasteiger partial charge in [0.25, 0.3) is 0 Å². The van der Waals surface area contributed by atoms with Crippen molar-refractivity contribution in [2.75, 3.05) is 11.9 Å². The highest BCUT2D eigenvalue weighted by molar-refractivity contribution is 7.16. The van der Waals surface area contributed by atoms with Gasteiger partial charge in [-0.25, -0.2) is 4.79 Å². The standard InChI is InChI=1S/C19H29NO3S/c1-7-9-10-16(21)20-17-14(18(22)23-8-2)11-15(24-17)13(3)12-19(4,5)6/h7,11,13H,1,8-10,12H2,2-6H3,(H,20,21)/t13-/m0/s1. The third-order valence-electron chi connectivity index (χ3n) is 3.48. The normalized spacial score (nSPS) is 12.5. The molecule has 1 amide bonds. The van der Waals surface area contributed by atoms with Gasteiger partial charge in [0.15, 0.2) is 0 Å². The number of ether oxygens (including phenoxy) is 1. The van der Waals surface area contributed by atoms with Crippen LogP contribution < -0.4 is 5.32 Å². The summed E-state index contributed by atoms with van der Waals surface area (Å²) in [5.74, 6) is -0.193. The molecule has 0 aromatic carbocycles. The van der Waals surface area contributed by atoms with Crippen molar-refractivity contribution in [2.45, 2.75) is 59.8 Å². The fourth-order valence-corrected chi connectivity index (χ4v) is 3.66. The van der Waals surface area contributed by atoms with Crippen LogP contribution in [0.15, 0.2) is 18.7 Å². The van der Waals surface area contributed by atoms with Crippen LogP contribution in [0.4, 0.5) is 5.00 Å². The van der Waals surface area contributed by atoms with Crippen LogP contribution in [0, 0.1) is 5.41 Å². The Morgan fingerprint density at radius 1 is 1.42 bits per heavy atom. The molecule has 0 unspecified atom stereocenters. The van der Waals surface area contributed by atoms with Crippen LogP contribution in [-0.4, -0.2) is 18.5 Å². The minimum absolute atomic E-state index is 0.114. The van der Waals surface area contributed by atoms with Crippen molar-refractivity contribution in [3.63, 3.8) is 0 Å². The minimum Gasteiger partial charge on any atom is -0.462 e. The van der Waals surface area contributed by atoms with Crippen LogP contribution in [0.5, 0.6) is 0 Å². The molecule has 0 fully saturated rings. The zero-order valence-corrected chi connectivity index (χ0v) is 16.2. The Bertz CT molecular complexity index is 584. The van der Waals surface area contributed by atoms with E-state index in [1.54, 1.807) is 13.0 Å². The van der Waals surface area contributed by atoms with Crippen molar-refractivity contribution in [1.82, 2.24) is 0 Å². The van der Waals surface area contributed by atoms with Crippen LogP contribution in [0.2, 0.25) is 0 Å². The first-order chi connectivity index (χ1) is 11.2. The van der Waals surface area contributed by atoms with Crippen molar-refractivity contribution in [1.29, 1.82) is 0 Å². The van der Waals surface area contributed by atoms with Gasteiger partial charge in [0.2, 0.25) is 5.91 Å². The summed E-state index contributed by atoms with van der Waals surface area (Å²) in [5, 5.41) is 3.44. The van der Waals surface area contributed by atoms with Gasteiger partial charge in [-0.2, -0.15) is 0 Å². The van der Waals surface area contributed by atoms with Crippen LogP contribution in [0.1, 0.15) is 75.0 Å². The Kier molecular flexibility index (Phi) is 7.67. The first-order valence-electron chi connectivity index (χ1n) is 8.39. The van der Waals surface area contributed by atoms with Crippen molar-refractivity contribution in [3.8, 4) is 0 Å². The molecular formula is C19H29NO3S. The van der Waals surface area contributed by atoms with E-state index in [4.69, 9.17) is 4.74 Å². The Hall–Kier alpha value is -1.62. The summed E-state index contributed by atoms with van der Waals surface area (Å²) in [7, 11) is 0. The lowest BCUT2D eigenvalue weighted by atomic mass is 9.85. The van der Waals surface area contributed by atoms with Crippen LogP contribution >= 0.6 is 11.3 Å². The highest BCUT2D eigenvalue weighted by Gasteiger charge is 2.23. The number of carbonyl (C=O) groups is 2. The van der Waals surface area contributed by atoms with Crippen LogP contribution in [0.25, 0.3) is 0 Å². The van der Waals surface area contributed by atoms with E-state index in [2.05, 4.69) is 39.6 Å². The molecule has 1 atom stereocenters. The maximum atomic E-state index is 12.2. The molecule has 1 heterocycles. The van der Waals surface area contributed by atoms with Gasteiger partial charge in [-0.05, 0) is 37.2 Å². The molecule has 1 N–H and O–H groups in total. The lowest BCUT2D eigenvalue weighted by Gasteiger charge is -2.22. The van der Waals surface area contributed by atoms with Gasteiger partial charge >= 0.3 is 5.97 Å². The molecule has 1 aromatic rings. The molecule has 0 aliphatic carbocycles. The molecular weight excluding hydrogens is 322 g/mol. The molecule has 0 radical (unpaired) electrons. The van der Waals surface area contributed by atoms with Crippen LogP contribution in [-0.2, 0) is 9.53 Å². The molecule has 1 aromatic heterocycles. The number of hydrogen-bond acceptors (Lipinski definition) is 4. The summed E-state index contributed by atoms with van der Waals surface area (Å²) < 4.78 is 5.13. The monoisotopic (exact) mass is 351 g/mol. The molecule has 0 saturated heterocycles. The summed E-state index contributed by atoms with van der Waals surface area (Å²) >= 11 is 1.47. The molecule has 4 nitrogen and oxygen atoms in total.